The fraction of sp³-hybridized carbons (Fsp3) is 0.375. The molecule has 0 unspecified atom stereocenters. The van der Waals surface area contributed by atoms with Crippen LogP contribution in [0.1, 0.15) is 34.3 Å². The number of carbonyl (C=O) groups is 3. The summed E-state index contributed by atoms with van der Waals surface area (Å²) < 4.78 is 0. The Hall–Kier alpha value is -2.99. The second-order valence-corrected chi connectivity index (χ2v) is 7.71. The molecule has 0 aliphatic carbocycles. The number of nitrogens with one attached hydrogen (secondary N) is 1. The average molecular weight is 408 g/mol. The van der Waals surface area contributed by atoms with Gasteiger partial charge in [-0.05, 0) is 12.5 Å². The molecule has 1 saturated heterocycles. The number of piperazine rings is 1. The van der Waals surface area contributed by atoms with Gasteiger partial charge in [-0.1, -0.05) is 60.2 Å². The lowest BCUT2D eigenvalue weighted by molar-refractivity contribution is -0.133. The monoisotopic (exact) mass is 407 g/mol. The number of carbonyl (C=O) groups excluding carboxylic acids is 3. The largest absolute Gasteiger partial charge is 0.351 e. The van der Waals surface area contributed by atoms with Gasteiger partial charge in [0.15, 0.2) is 5.78 Å². The van der Waals surface area contributed by atoms with Crippen LogP contribution < -0.4 is 5.32 Å². The van der Waals surface area contributed by atoms with E-state index >= 15 is 0 Å². The van der Waals surface area contributed by atoms with Crippen LogP contribution in [0.25, 0.3) is 0 Å². The lowest BCUT2D eigenvalue weighted by Gasteiger charge is -2.34. The molecule has 0 saturated carbocycles. The first-order valence-electron chi connectivity index (χ1n) is 10.4. The Balaban J connectivity index is 1.35. The van der Waals surface area contributed by atoms with Gasteiger partial charge >= 0.3 is 0 Å². The molecule has 3 rings (SSSR count). The second kappa shape index (κ2) is 10.7. The molecular weight excluding hydrogens is 378 g/mol. The molecule has 2 aromatic rings. The van der Waals surface area contributed by atoms with Crippen molar-refractivity contribution in [2.75, 3.05) is 32.7 Å². The summed E-state index contributed by atoms with van der Waals surface area (Å²) in [5.74, 6) is -0.0111. The lowest BCUT2D eigenvalue weighted by Crippen LogP contribution is -2.51. The molecule has 158 valence electrons. The molecule has 0 atom stereocenters. The van der Waals surface area contributed by atoms with E-state index < -0.39 is 0 Å². The van der Waals surface area contributed by atoms with E-state index in [0.717, 1.165) is 11.1 Å². The van der Waals surface area contributed by atoms with Gasteiger partial charge in [0.1, 0.15) is 0 Å². The zero-order valence-corrected chi connectivity index (χ0v) is 17.5. The Kier molecular flexibility index (Phi) is 7.74. The molecule has 0 aromatic heterocycles. The fourth-order valence-electron chi connectivity index (χ4n) is 3.47. The van der Waals surface area contributed by atoms with Crippen molar-refractivity contribution in [3.63, 3.8) is 0 Å². The highest BCUT2D eigenvalue weighted by atomic mass is 16.2. The molecular formula is C24H29N3O3. The Morgan fingerprint density at radius 2 is 1.53 bits per heavy atom. The normalized spacial score (nSPS) is 14.4. The van der Waals surface area contributed by atoms with Crippen molar-refractivity contribution in [3.8, 4) is 0 Å². The third-order valence-electron chi connectivity index (χ3n) is 5.36. The number of amides is 2. The highest BCUT2D eigenvalue weighted by Crippen LogP contribution is 2.10. The van der Waals surface area contributed by atoms with Crippen molar-refractivity contribution in [1.82, 2.24) is 15.1 Å². The molecule has 30 heavy (non-hydrogen) atoms. The molecule has 1 N–H and O–H groups in total. The van der Waals surface area contributed by atoms with Crippen LogP contribution in [-0.4, -0.2) is 60.1 Å². The number of Topliss-reactive ketones (excluding diaryl/α,β-unsaturated/α-hetero) is 1. The first-order valence-corrected chi connectivity index (χ1v) is 10.4. The standard InChI is InChI=1S/C24H29N3O3/c1-19-7-9-21(10-8-19)22(28)11-12-24(30)27-15-13-26(14-16-27)18-23(29)25-17-20-5-3-2-4-6-20/h2-10H,11-18H2,1H3,(H,25,29). The molecule has 2 aromatic carbocycles. The number of rotatable bonds is 8. The topological polar surface area (TPSA) is 69.7 Å². The maximum atomic E-state index is 12.5. The quantitative estimate of drug-likeness (QED) is 0.683. The third-order valence-corrected chi connectivity index (χ3v) is 5.36. The van der Waals surface area contributed by atoms with Crippen LogP contribution in [0.15, 0.2) is 54.6 Å². The van der Waals surface area contributed by atoms with Crippen LogP contribution in [0, 0.1) is 6.92 Å². The van der Waals surface area contributed by atoms with Gasteiger partial charge in [0.25, 0.3) is 0 Å². The fourth-order valence-corrected chi connectivity index (χ4v) is 3.47. The zero-order chi connectivity index (χ0) is 21.3. The predicted molar refractivity (Wildman–Crippen MR) is 116 cm³/mol. The SMILES string of the molecule is Cc1ccc(C(=O)CCC(=O)N2CCN(CC(=O)NCc3ccccc3)CC2)cc1. The molecule has 0 radical (unpaired) electrons. The summed E-state index contributed by atoms with van der Waals surface area (Å²) >= 11 is 0. The molecule has 0 spiro atoms. The van der Waals surface area contributed by atoms with E-state index in [-0.39, 0.29) is 30.4 Å². The van der Waals surface area contributed by atoms with E-state index in [2.05, 4.69) is 10.2 Å². The number of nitrogens with zero attached hydrogens (tertiary/aromatic N) is 2. The minimum atomic E-state index is -0.0117. The van der Waals surface area contributed by atoms with Crippen molar-refractivity contribution in [1.29, 1.82) is 0 Å². The number of aryl methyl sites for hydroxylation is 1. The van der Waals surface area contributed by atoms with Gasteiger partial charge in [-0.25, -0.2) is 0 Å². The summed E-state index contributed by atoms with van der Waals surface area (Å²) in [6, 6.07) is 17.2. The Morgan fingerprint density at radius 1 is 0.867 bits per heavy atom. The maximum Gasteiger partial charge on any atom is 0.234 e. The van der Waals surface area contributed by atoms with Gasteiger partial charge in [-0.2, -0.15) is 0 Å². The van der Waals surface area contributed by atoms with Crippen LogP contribution in [0.3, 0.4) is 0 Å². The van der Waals surface area contributed by atoms with Gasteiger partial charge in [-0.15, -0.1) is 0 Å². The van der Waals surface area contributed by atoms with Gasteiger partial charge < -0.3 is 10.2 Å². The predicted octanol–water partition coefficient (Wildman–Crippen LogP) is 2.42. The van der Waals surface area contributed by atoms with E-state index in [1.165, 1.54) is 0 Å². The van der Waals surface area contributed by atoms with Gasteiger partial charge in [0.05, 0.1) is 6.54 Å². The number of benzene rings is 2. The summed E-state index contributed by atoms with van der Waals surface area (Å²) in [6.07, 6.45) is 0.453. The Bertz CT molecular complexity index is 857. The highest BCUT2D eigenvalue weighted by Gasteiger charge is 2.22. The number of hydrogen-bond acceptors (Lipinski definition) is 4. The molecule has 0 bridgehead atoms. The minimum absolute atomic E-state index is 0.00271. The number of hydrogen-bond donors (Lipinski definition) is 1. The molecule has 2 amide bonds. The maximum absolute atomic E-state index is 12.5. The molecule has 1 heterocycles. The van der Waals surface area contributed by atoms with Crippen molar-refractivity contribution in [2.24, 2.45) is 0 Å². The minimum Gasteiger partial charge on any atom is -0.351 e. The lowest BCUT2D eigenvalue weighted by atomic mass is 10.0. The van der Waals surface area contributed by atoms with E-state index in [1.54, 1.807) is 4.90 Å². The van der Waals surface area contributed by atoms with Gasteiger partial charge in [-0.3, -0.25) is 19.3 Å². The first-order chi connectivity index (χ1) is 14.5. The van der Waals surface area contributed by atoms with E-state index in [0.29, 0.717) is 44.8 Å². The van der Waals surface area contributed by atoms with Gasteiger partial charge in [0.2, 0.25) is 11.8 Å². The smallest absolute Gasteiger partial charge is 0.234 e. The second-order valence-electron chi connectivity index (χ2n) is 7.71. The molecule has 1 aliphatic rings. The van der Waals surface area contributed by atoms with Crippen molar-refractivity contribution in [3.05, 3.63) is 71.3 Å². The Labute approximate surface area is 177 Å². The first kappa shape index (κ1) is 21.7. The van der Waals surface area contributed by atoms with Crippen molar-refractivity contribution in [2.45, 2.75) is 26.3 Å². The summed E-state index contributed by atoms with van der Waals surface area (Å²) in [4.78, 5) is 40.7. The molecule has 1 aliphatic heterocycles. The van der Waals surface area contributed by atoms with Crippen LogP contribution >= 0.6 is 0 Å². The molecule has 6 heteroatoms. The molecule has 1 fully saturated rings. The van der Waals surface area contributed by atoms with Crippen LogP contribution in [0.4, 0.5) is 0 Å². The van der Waals surface area contributed by atoms with Crippen LogP contribution in [-0.2, 0) is 16.1 Å². The van der Waals surface area contributed by atoms with Crippen LogP contribution in [0.2, 0.25) is 0 Å². The summed E-state index contributed by atoms with van der Waals surface area (Å²) in [6.45, 7) is 5.33. The highest BCUT2D eigenvalue weighted by molar-refractivity contribution is 5.98. The average Bonchev–Trinajstić information content (AvgIpc) is 2.77. The van der Waals surface area contributed by atoms with E-state index in [9.17, 15) is 14.4 Å². The zero-order valence-electron chi connectivity index (χ0n) is 17.5. The molecule has 6 nitrogen and oxygen atoms in total. The summed E-state index contributed by atoms with van der Waals surface area (Å²) in [5, 5.41) is 2.93. The van der Waals surface area contributed by atoms with Crippen molar-refractivity contribution < 1.29 is 14.4 Å². The number of ketones is 1. The van der Waals surface area contributed by atoms with Gasteiger partial charge in [0, 0.05) is 51.1 Å². The van der Waals surface area contributed by atoms with Crippen LogP contribution in [0.5, 0.6) is 0 Å². The summed E-state index contributed by atoms with van der Waals surface area (Å²) in [5.41, 5.74) is 2.83. The Morgan fingerprint density at radius 3 is 2.20 bits per heavy atom. The van der Waals surface area contributed by atoms with E-state index in [4.69, 9.17) is 0 Å². The summed E-state index contributed by atoms with van der Waals surface area (Å²) in [7, 11) is 0. The third kappa shape index (κ3) is 6.52. The van der Waals surface area contributed by atoms with E-state index in [1.807, 2.05) is 61.5 Å². The van der Waals surface area contributed by atoms with Crippen molar-refractivity contribution >= 4 is 17.6 Å².